The van der Waals surface area contributed by atoms with Crippen LogP contribution in [0, 0.1) is 5.82 Å². The second-order valence-electron chi connectivity index (χ2n) is 2.67. The van der Waals surface area contributed by atoms with Crippen molar-refractivity contribution in [1.82, 2.24) is 0 Å². The van der Waals surface area contributed by atoms with Crippen molar-refractivity contribution in [2.75, 3.05) is 0 Å². The minimum atomic E-state index is -1.57. The first-order valence-electron chi connectivity index (χ1n) is 3.91. The van der Waals surface area contributed by atoms with Crippen LogP contribution in [0.5, 0.6) is 0 Å². The van der Waals surface area contributed by atoms with Gasteiger partial charge in [-0.1, -0.05) is 22.0 Å². The molecular formula is C10H6BrFO3. The zero-order valence-corrected chi connectivity index (χ0v) is 8.99. The van der Waals surface area contributed by atoms with Crippen molar-refractivity contribution in [3.63, 3.8) is 0 Å². The van der Waals surface area contributed by atoms with Crippen LogP contribution in [0.2, 0.25) is 0 Å². The SMILES string of the molecule is O=C(O)C(=O)/C=C/c1ccc(Br)cc1F. The van der Waals surface area contributed by atoms with Crippen LogP contribution in [0.1, 0.15) is 5.56 Å². The van der Waals surface area contributed by atoms with Gasteiger partial charge >= 0.3 is 5.97 Å². The highest BCUT2D eigenvalue weighted by Crippen LogP contribution is 2.16. The molecule has 0 heterocycles. The van der Waals surface area contributed by atoms with Crippen LogP contribution in [0.15, 0.2) is 28.7 Å². The number of carboxylic acid groups (broad SMARTS) is 1. The molecule has 1 aromatic rings. The van der Waals surface area contributed by atoms with Crippen molar-refractivity contribution >= 4 is 33.8 Å². The third-order valence-corrected chi connectivity index (χ3v) is 2.08. The van der Waals surface area contributed by atoms with E-state index in [9.17, 15) is 14.0 Å². The van der Waals surface area contributed by atoms with Gasteiger partial charge in [0.05, 0.1) is 0 Å². The number of carboxylic acids is 1. The maximum atomic E-state index is 13.2. The van der Waals surface area contributed by atoms with Gasteiger partial charge in [-0.05, 0) is 24.3 Å². The van der Waals surface area contributed by atoms with Gasteiger partial charge in [0.1, 0.15) is 5.82 Å². The minimum Gasteiger partial charge on any atom is -0.475 e. The highest BCUT2D eigenvalue weighted by molar-refractivity contribution is 9.10. The molecule has 5 heteroatoms. The van der Waals surface area contributed by atoms with Gasteiger partial charge in [-0.3, -0.25) is 4.79 Å². The Morgan fingerprint density at radius 1 is 1.40 bits per heavy atom. The molecule has 15 heavy (non-hydrogen) atoms. The maximum absolute atomic E-state index is 13.2. The number of hydrogen-bond donors (Lipinski definition) is 1. The van der Waals surface area contributed by atoms with E-state index >= 15 is 0 Å². The molecule has 78 valence electrons. The van der Waals surface area contributed by atoms with Crippen LogP contribution in [0.3, 0.4) is 0 Å². The minimum absolute atomic E-state index is 0.160. The fourth-order valence-electron chi connectivity index (χ4n) is 0.873. The van der Waals surface area contributed by atoms with Gasteiger partial charge in [0.2, 0.25) is 0 Å². The lowest BCUT2D eigenvalue weighted by molar-refractivity contribution is -0.146. The molecule has 0 atom stereocenters. The van der Waals surface area contributed by atoms with Crippen molar-refractivity contribution < 1.29 is 19.1 Å². The van der Waals surface area contributed by atoms with Crippen LogP contribution < -0.4 is 0 Å². The predicted molar refractivity (Wildman–Crippen MR) is 55.8 cm³/mol. The molecule has 0 radical (unpaired) electrons. The normalized spacial score (nSPS) is 10.5. The smallest absolute Gasteiger partial charge is 0.376 e. The monoisotopic (exact) mass is 272 g/mol. The Labute approximate surface area is 93.4 Å². The molecule has 0 amide bonds. The summed E-state index contributed by atoms with van der Waals surface area (Å²) in [4.78, 5) is 20.8. The van der Waals surface area contributed by atoms with Crippen LogP contribution in [-0.2, 0) is 9.59 Å². The van der Waals surface area contributed by atoms with Crippen molar-refractivity contribution in [3.8, 4) is 0 Å². The number of benzene rings is 1. The predicted octanol–water partition coefficient (Wildman–Crippen LogP) is 2.26. The Morgan fingerprint density at radius 3 is 2.60 bits per heavy atom. The van der Waals surface area contributed by atoms with Crippen molar-refractivity contribution in [2.24, 2.45) is 0 Å². The van der Waals surface area contributed by atoms with Gasteiger partial charge in [0.25, 0.3) is 5.78 Å². The summed E-state index contributed by atoms with van der Waals surface area (Å²) < 4.78 is 13.7. The summed E-state index contributed by atoms with van der Waals surface area (Å²) in [5.74, 6) is -3.18. The first-order valence-corrected chi connectivity index (χ1v) is 4.70. The number of carbonyl (C=O) groups is 2. The van der Waals surface area contributed by atoms with Crippen molar-refractivity contribution in [3.05, 3.63) is 40.1 Å². The largest absolute Gasteiger partial charge is 0.475 e. The van der Waals surface area contributed by atoms with E-state index in [2.05, 4.69) is 15.9 Å². The van der Waals surface area contributed by atoms with E-state index in [0.29, 0.717) is 4.47 Å². The molecule has 0 bridgehead atoms. The summed E-state index contributed by atoms with van der Waals surface area (Å²) in [5, 5.41) is 8.27. The molecule has 0 fully saturated rings. The summed E-state index contributed by atoms with van der Waals surface area (Å²) in [5.41, 5.74) is 0.160. The molecule has 0 aliphatic heterocycles. The average Bonchev–Trinajstić information content (AvgIpc) is 2.15. The van der Waals surface area contributed by atoms with E-state index in [1.165, 1.54) is 12.1 Å². The van der Waals surface area contributed by atoms with E-state index in [-0.39, 0.29) is 5.56 Å². The molecule has 1 aromatic carbocycles. The van der Waals surface area contributed by atoms with Crippen molar-refractivity contribution in [1.29, 1.82) is 0 Å². The number of halogens is 2. The van der Waals surface area contributed by atoms with E-state index in [1.807, 2.05) is 0 Å². The summed E-state index contributed by atoms with van der Waals surface area (Å²) in [6.45, 7) is 0. The molecule has 0 aromatic heterocycles. The molecular weight excluding hydrogens is 267 g/mol. The standard InChI is InChI=1S/C10H6BrFO3/c11-7-3-1-6(8(12)5-7)2-4-9(13)10(14)15/h1-5H,(H,14,15)/b4-2+. The summed E-state index contributed by atoms with van der Waals surface area (Å²) in [6.07, 6.45) is 1.94. The van der Waals surface area contributed by atoms with Crippen LogP contribution in [-0.4, -0.2) is 16.9 Å². The molecule has 1 rings (SSSR count). The molecule has 0 aliphatic rings. The lowest BCUT2D eigenvalue weighted by Gasteiger charge is -1.96. The highest BCUT2D eigenvalue weighted by atomic mass is 79.9. The Bertz CT molecular complexity index is 440. The van der Waals surface area contributed by atoms with Crippen molar-refractivity contribution in [2.45, 2.75) is 0 Å². The van der Waals surface area contributed by atoms with Gasteiger partial charge in [0.15, 0.2) is 0 Å². The lowest BCUT2D eigenvalue weighted by Crippen LogP contribution is -2.08. The summed E-state index contributed by atoms with van der Waals surface area (Å²) in [7, 11) is 0. The number of rotatable bonds is 3. The summed E-state index contributed by atoms with van der Waals surface area (Å²) in [6, 6.07) is 4.25. The molecule has 1 N–H and O–H groups in total. The fraction of sp³-hybridized carbons (Fsp3) is 0. The number of ketones is 1. The average molecular weight is 273 g/mol. The lowest BCUT2D eigenvalue weighted by atomic mass is 10.2. The van der Waals surface area contributed by atoms with E-state index in [1.54, 1.807) is 6.07 Å². The zero-order valence-electron chi connectivity index (χ0n) is 7.41. The van der Waals surface area contributed by atoms with Crippen LogP contribution in [0.25, 0.3) is 6.08 Å². The number of aliphatic carboxylic acids is 1. The van der Waals surface area contributed by atoms with E-state index in [4.69, 9.17) is 5.11 Å². The number of hydrogen-bond acceptors (Lipinski definition) is 2. The Balaban J connectivity index is 2.90. The van der Waals surface area contributed by atoms with Crippen LogP contribution >= 0.6 is 15.9 Å². The second kappa shape index (κ2) is 4.84. The molecule has 0 saturated heterocycles. The molecule has 0 aliphatic carbocycles. The van der Waals surface area contributed by atoms with Crippen LogP contribution in [0.4, 0.5) is 4.39 Å². The molecule has 0 spiro atoms. The fourth-order valence-corrected chi connectivity index (χ4v) is 1.21. The van der Waals surface area contributed by atoms with Gasteiger partial charge in [0, 0.05) is 10.0 Å². The number of carbonyl (C=O) groups excluding carboxylic acids is 1. The second-order valence-corrected chi connectivity index (χ2v) is 3.58. The van der Waals surface area contributed by atoms with E-state index < -0.39 is 17.6 Å². The highest BCUT2D eigenvalue weighted by Gasteiger charge is 2.06. The van der Waals surface area contributed by atoms with Gasteiger partial charge in [-0.25, -0.2) is 9.18 Å². The molecule has 3 nitrogen and oxygen atoms in total. The molecule has 0 saturated carbocycles. The van der Waals surface area contributed by atoms with E-state index in [0.717, 1.165) is 12.2 Å². The Kier molecular flexibility index (Phi) is 3.74. The maximum Gasteiger partial charge on any atom is 0.376 e. The first kappa shape index (κ1) is 11.6. The third-order valence-electron chi connectivity index (χ3n) is 1.59. The first-order chi connectivity index (χ1) is 7.00. The zero-order chi connectivity index (χ0) is 11.4. The topological polar surface area (TPSA) is 54.4 Å². The summed E-state index contributed by atoms with van der Waals surface area (Å²) >= 11 is 3.07. The quantitative estimate of drug-likeness (QED) is 0.678. The molecule has 0 unspecified atom stereocenters. The van der Waals surface area contributed by atoms with Gasteiger partial charge in [-0.15, -0.1) is 0 Å². The van der Waals surface area contributed by atoms with Gasteiger partial charge < -0.3 is 5.11 Å². The Morgan fingerprint density at radius 2 is 2.07 bits per heavy atom. The third kappa shape index (κ3) is 3.28. The van der Waals surface area contributed by atoms with Gasteiger partial charge in [-0.2, -0.15) is 0 Å². The Hall–Kier alpha value is -1.49.